The molecule has 5 rings (SSSR count). The number of hydrogen-bond donors (Lipinski definition) is 2. The van der Waals surface area contributed by atoms with Crippen LogP contribution >= 0.6 is 0 Å². The Morgan fingerprint density at radius 3 is 2.49 bits per heavy atom. The molecule has 2 amide bonds. The number of benzene rings is 3. The molecule has 0 atom stereocenters. The van der Waals surface area contributed by atoms with Gasteiger partial charge in [-0.1, -0.05) is 30.3 Å². The molecule has 0 fully saturated rings. The van der Waals surface area contributed by atoms with Crippen LogP contribution in [0.3, 0.4) is 0 Å². The van der Waals surface area contributed by atoms with E-state index in [4.69, 9.17) is 9.78 Å². The lowest BCUT2D eigenvalue weighted by atomic mass is 9.98. The third-order valence-electron chi connectivity index (χ3n) is 5.97. The topological polar surface area (TPSA) is 83.1 Å². The van der Waals surface area contributed by atoms with E-state index in [1.54, 1.807) is 11.9 Å². The first-order chi connectivity index (χ1) is 16.9. The molecule has 0 saturated carbocycles. The smallest absolute Gasteiger partial charge is 0.258 e. The van der Waals surface area contributed by atoms with E-state index in [0.717, 1.165) is 33.8 Å². The van der Waals surface area contributed by atoms with E-state index in [0.29, 0.717) is 30.2 Å². The van der Waals surface area contributed by atoms with Gasteiger partial charge in [-0.15, -0.1) is 0 Å². The third kappa shape index (κ3) is 4.49. The SMILES string of the molecule is CN(C)CC(=O)N(C)c1ccc(N/C(=C2\C(=O)Nc3cc4c(cc32)OOC4)c2ccccc2)cc1. The van der Waals surface area contributed by atoms with E-state index in [9.17, 15) is 9.59 Å². The number of carbonyl (C=O) groups excluding carboxylic acids is 2. The van der Waals surface area contributed by atoms with E-state index in [2.05, 4.69) is 10.6 Å². The molecule has 0 saturated heterocycles. The summed E-state index contributed by atoms with van der Waals surface area (Å²) in [7, 11) is 5.49. The van der Waals surface area contributed by atoms with Crippen LogP contribution in [0.5, 0.6) is 5.75 Å². The van der Waals surface area contributed by atoms with Crippen molar-refractivity contribution in [3.8, 4) is 5.75 Å². The van der Waals surface area contributed by atoms with Gasteiger partial charge in [-0.2, -0.15) is 4.89 Å². The van der Waals surface area contributed by atoms with Crippen LogP contribution in [0.1, 0.15) is 16.7 Å². The van der Waals surface area contributed by atoms with Crippen LogP contribution in [0.25, 0.3) is 11.3 Å². The Morgan fingerprint density at radius 2 is 1.77 bits per heavy atom. The molecule has 2 aliphatic heterocycles. The zero-order valence-electron chi connectivity index (χ0n) is 19.8. The van der Waals surface area contributed by atoms with Crippen molar-refractivity contribution < 1.29 is 19.4 Å². The minimum Gasteiger partial charge on any atom is -0.354 e. The molecule has 2 heterocycles. The number of anilines is 3. The first-order valence-electron chi connectivity index (χ1n) is 11.3. The number of hydrogen-bond acceptors (Lipinski definition) is 6. The Hall–Kier alpha value is -4.14. The molecule has 3 aromatic rings. The first-order valence-corrected chi connectivity index (χ1v) is 11.3. The summed E-state index contributed by atoms with van der Waals surface area (Å²) in [5, 5.41) is 6.41. The van der Waals surface area contributed by atoms with Crippen LogP contribution in [0.15, 0.2) is 66.7 Å². The second kappa shape index (κ2) is 9.25. The van der Waals surface area contributed by atoms with Gasteiger partial charge in [0.25, 0.3) is 5.91 Å². The standard InChI is InChI=1S/C27H26N4O4/c1-30(2)15-24(32)31(3)20-11-9-19(10-12-20)28-26(17-7-5-4-6-8-17)25-21-14-23-18(16-34-35-23)13-22(21)29-27(25)33/h4-14,28H,15-16H2,1-3H3,(H,29,33)/b26-25-. The summed E-state index contributed by atoms with van der Waals surface area (Å²) in [6, 6.07) is 21.0. The summed E-state index contributed by atoms with van der Waals surface area (Å²) in [6.45, 7) is 0.674. The number of likely N-dealkylation sites (N-methyl/N-ethyl adjacent to an activating group) is 2. The summed E-state index contributed by atoms with van der Waals surface area (Å²) in [4.78, 5) is 39.4. The largest absolute Gasteiger partial charge is 0.354 e. The van der Waals surface area contributed by atoms with Gasteiger partial charge in [0.15, 0.2) is 5.75 Å². The maximum Gasteiger partial charge on any atom is 0.258 e. The third-order valence-corrected chi connectivity index (χ3v) is 5.97. The van der Waals surface area contributed by atoms with Crippen LogP contribution in [0.2, 0.25) is 0 Å². The average molecular weight is 471 g/mol. The van der Waals surface area contributed by atoms with Crippen LogP contribution in [-0.2, 0) is 21.1 Å². The van der Waals surface area contributed by atoms with Crippen molar-refractivity contribution in [1.82, 2.24) is 4.90 Å². The minimum atomic E-state index is -0.193. The van der Waals surface area contributed by atoms with Crippen molar-refractivity contribution in [2.24, 2.45) is 0 Å². The number of amides is 2. The highest BCUT2D eigenvalue weighted by molar-refractivity contribution is 6.37. The molecule has 0 aliphatic carbocycles. The molecule has 0 aromatic heterocycles. The Balaban J connectivity index is 1.52. The Kier molecular flexibility index (Phi) is 5.98. The van der Waals surface area contributed by atoms with Gasteiger partial charge in [-0.3, -0.25) is 9.59 Å². The Morgan fingerprint density at radius 1 is 1.03 bits per heavy atom. The monoisotopic (exact) mass is 470 g/mol. The molecular weight excluding hydrogens is 444 g/mol. The lowest BCUT2D eigenvalue weighted by Crippen LogP contribution is -2.34. The van der Waals surface area contributed by atoms with Gasteiger partial charge in [-0.25, -0.2) is 0 Å². The second-order valence-corrected chi connectivity index (χ2v) is 8.78. The highest BCUT2D eigenvalue weighted by atomic mass is 17.2. The van der Waals surface area contributed by atoms with E-state index >= 15 is 0 Å². The van der Waals surface area contributed by atoms with Crippen molar-refractivity contribution >= 4 is 40.1 Å². The molecule has 8 nitrogen and oxygen atoms in total. The molecule has 2 aliphatic rings. The zero-order valence-corrected chi connectivity index (χ0v) is 19.8. The van der Waals surface area contributed by atoms with E-state index < -0.39 is 0 Å². The molecule has 178 valence electrons. The van der Waals surface area contributed by atoms with Crippen molar-refractivity contribution in [3.63, 3.8) is 0 Å². The van der Waals surface area contributed by atoms with Crippen molar-refractivity contribution in [3.05, 3.63) is 83.4 Å². The predicted molar refractivity (Wildman–Crippen MR) is 136 cm³/mol. The van der Waals surface area contributed by atoms with Crippen LogP contribution in [-0.4, -0.2) is 44.4 Å². The van der Waals surface area contributed by atoms with Gasteiger partial charge in [-0.05, 0) is 56.1 Å². The van der Waals surface area contributed by atoms with Gasteiger partial charge in [0.05, 0.1) is 17.8 Å². The maximum atomic E-state index is 13.1. The second-order valence-electron chi connectivity index (χ2n) is 8.78. The number of nitrogens with zero attached hydrogens (tertiary/aromatic N) is 2. The lowest BCUT2D eigenvalue weighted by Gasteiger charge is -2.20. The number of nitrogens with one attached hydrogen (secondary N) is 2. The molecule has 0 unspecified atom stereocenters. The average Bonchev–Trinajstić information content (AvgIpc) is 3.43. The van der Waals surface area contributed by atoms with E-state index in [1.165, 1.54) is 0 Å². The minimum absolute atomic E-state index is 0.000709. The summed E-state index contributed by atoms with van der Waals surface area (Å²) in [5.41, 5.74) is 6.00. The zero-order chi connectivity index (χ0) is 24.5. The van der Waals surface area contributed by atoms with Crippen LogP contribution in [0, 0.1) is 0 Å². The molecular formula is C27H26N4O4. The van der Waals surface area contributed by atoms with Gasteiger partial charge in [0.1, 0.15) is 6.61 Å². The Bertz CT molecular complexity index is 1320. The first kappa shape index (κ1) is 22.6. The number of rotatable bonds is 6. The van der Waals surface area contributed by atoms with Gasteiger partial charge >= 0.3 is 0 Å². The van der Waals surface area contributed by atoms with Crippen molar-refractivity contribution in [1.29, 1.82) is 0 Å². The maximum absolute atomic E-state index is 13.1. The fourth-order valence-electron chi connectivity index (χ4n) is 4.15. The van der Waals surface area contributed by atoms with Crippen LogP contribution in [0.4, 0.5) is 17.1 Å². The fourth-order valence-corrected chi connectivity index (χ4v) is 4.15. The molecule has 3 aromatic carbocycles. The lowest BCUT2D eigenvalue weighted by molar-refractivity contribution is -0.194. The van der Waals surface area contributed by atoms with Crippen molar-refractivity contribution in [2.75, 3.05) is 43.2 Å². The van der Waals surface area contributed by atoms with Gasteiger partial charge in [0.2, 0.25) is 5.91 Å². The normalized spacial score (nSPS) is 15.3. The fraction of sp³-hybridized carbons (Fsp3) is 0.185. The molecule has 0 radical (unpaired) electrons. The summed E-state index contributed by atoms with van der Waals surface area (Å²) >= 11 is 0. The summed E-state index contributed by atoms with van der Waals surface area (Å²) < 4.78 is 0. The molecule has 35 heavy (non-hydrogen) atoms. The van der Waals surface area contributed by atoms with Gasteiger partial charge < -0.3 is 25.3 Å². The summed E-state index contributed by atoms with van der Waals surface area (Å²) in [5.74, 6) is 0.419. The number of carbonyl (C=O) groups is 2. The number of fused-ring (bicyclic) bond motifs is 2. The highest BCUT2D eigenvalue weighted by Gasteiger charge is 2.31. The molecule has 2 N–H and O–H groups in total. The molecule has 0 bridgehead atoms. The quantitative estimate of drug-likeness (QED) is 0.419. The molecule has 0 spiro atoms. The van der Waals surface area contributed by atoms with Crippen molar-refractivity contribution in [2.45, 2.75) is 6.61 Å². The Labute approximate surface area is 203 Å². The highest BCUT2D eigenvalue weighted by Crippen LogP contribution is 2.42. The van der Waals surface area contributed by atoms with E-state index in [-0.39, 0.29) is 11.8 Å². The van der Waals surface area contributed by atoms with Gasteiger partial charge in [0, 0.05) is 35.2 Å². The van der Waals surface area contributed by atoms with E-state index in [1.807, 2.05) is 85.7 Å². The summed E-state index contributed by atoms with van der Waals surface area (Å²) in [6.07, 6.45) is 0. The van der Waals surface area contributed by atoms with Crippen LogP contribution < -0.4 is 20.4 Å². The molecule has 8 heteroatoms. The predicted octanol–water partition coefficient (Wildman–Crippen LogP) is 3.97.